The number of alkyl carbamates (subject to hydrolysis) is 1. The summed E-state index contributed by atoms with van der Waals surface area (Å²) in [7, 11) is 0. The number of anilines is 3. The zero-order chi connectivity index (χ0) is 27.2. The van der Waals surface area contributed by atoms with Crippen LogP contribution in [0.5, 0.6) is 0 Å². The Labute approximate surface area is 230 Å². The van der Waals surface area contributed by atoms with Crippen molar-refractivity contribution < 1.29 is 9.53 Å². The summed E-state index contributed by atoms with van der Waals surface area (Å²) in [5.41, 5.74) is -0.500. The highest BCUT2D eigenvalue weighted by atomic mass is 32.1. The van der Waals surface area contributed by atoms with Crippen molar-refractivity contribution >= 4 is 36.6 Å². The van der Waals surface area contributed by atoms with Gasteiger partial charge in [0.25, 0.3) is 0 Å². The van der Waals surface area contributed by atoms with E-state index in [4.69, 9.17) is 4.74 Å². The molecule has 0 aromatic carbocycles. The summed E-state index contributed by atoms with van der Waals surface area (Å²) in [5, 5.41) is 12.5. The summed E-state index contributed by atoms with van der Waals surface area (Å²) in [6, 6.07) is 0. The van der Waals surface area contributed by atoms with E-state index >= 15 is 0 Å². The Bertz CT molecular complexity index is 716. The third-order valence-electron chi connectivity index (χ3n) is 5.65. The molecule has 1 heterocycles. The van der Waals surface area contributed by atoms with Crippen LogP contribution < -0.4 is 21.3 Å². The van der Waals surface area contributed by atoms with Gasteiger partial charge in [-0.05, 0) is 33.6 Å². The van der Waals surface area contributed by atoms with Crippen LogP contribution in [0.15, 0.2) is 0 Å². The monoisotopic (exact) mass is 539 g/mol. The van der Waals surface area contributed by atoms with E-state index in [2.05, 4.69) is 55.8 Å². The van der Waals surface area contributed by atoms with Crippen molar-refractivity contribution in [2.45, 2.75) is 117 Å². The molecule has 37 heavy (non-hydrogen) atoms. The Balaban J connectivity index is 2.27. The quantitative estimate of drug-likeness (QED) is 0.0822. The van der Waals surface area contributed by atoms with E-state index in [1.54, 1.807) is 0 Å². The Morgan fingerprint density at radius 3 is 1.57 bits per heavy atom. The van der Waals surface area contributed by atoms with Crippen molar-refractivity contribution in [2.75, 3.05) is 47.9 Å². The number of aromatic nitrogens is 3. The molecule has 0 radical (unpaired) electrons. The third-order valence-corrected chi connectivity index (χ3v) is 5.87. The first-order valence-electron chi connectivity index (χ1n) is 14.4. The van der Waals surface area contributed by atoms with Gasteiger partial charge in [0.05, 0.1) is 0 Å². The molecule has 0 aliphatic rings. The number of amides is 1. The molecule has 0 spiro atoms. The van der Waals surface area contributed by atoms with Crippen LogP contribution in [0, 0.1) is 0 Å². The molecule has 0 unspecified atom stereocenters. The van der Waals surface area contributed by atoms with Gasteiger partial charge in [0, 0.05) is 31.9 Å². The van der Waals surface area contributed by atoms with Crippen molar-refractivity contribution in [2.24, 2.45) is 0 Å². The molecule has 1 rings (SSSR count). The molecule has 1 amide bonds. The number of hydrogen-bond donors (Lipinski definition) is 5. The highest BCUT2D eigenvalue weighted by Gasteiger charge is 2.15. The van der Waals surface area contributed by atoms with Crippen LogP contribution >= 0.6 is 12.6 Å². The zero-order valence-corrected chi connectivity index (χ0v) is 24.7. The second kappa shape index (κ2) is 21.0. The van der Waals surface area contributed by atoms with Crippen LogP contribution in [0.1, 0.15) is 111 Å². The Morgan fingerprint density at radius 2 is 1.11 bits per heavy atom. The van der Waals surface area contributed by atoms with E-state index in [1.807, 2.05) is 20.8 Å². The Morgan fingerprint density at radius 1 is 0.676 bits per heavy atom. The maximum absolute atomic E-state index is 11.7. The molecule has 0 aliphatic heterocycles. The molecule has 10 heteroatoms. The first kappa shape index (κ1) is 33.1. The summed E-state index contributed by atoms with van der Waals surface area (Å²) in [5.74, 6) is 2.28. The van der Waals surface area contributed by atoms with Gasteiger partial charge >= 0.3 is 6.09 Å². The number of unbranched alkanes of at least 4 members (excludes halogenated alkanes) is 11. The van der Waals surface area contributed by atoms with Crippen molar-refractivity contribution in [3.63, 3.8) is 0 Å². The van der Waals surface area contributed by atoms with Crippen molar-refractivity contribution in [1.82, 2.24) is 20.3 Å². The van der Waals surface area contributed by atoms with Gasteiger partial charge in [-0.1, -0.05) is 77.6 Å². The Kier molecular flexibility index (Phi) is 18.8. The molecule has 9 nitrogen and oxygen atoms in total. The summed E-state index contributed by atoms with van der Waals surface area (Å²) in [6.45, 7) is 10.4. The number of nitrogens with one attached hydrogen (secondary N) is 4. The molecule has 0 bridgehead atoms. The van der Waals surface area contributed by atoms with Gasteiger partial charge in [-0.25, -0.2) is 4.79 Å². The first-order chi connectivity index (χ1) is 17.8. The molecular formula is C27H53N7O2S. The van der Waals surface area contributed by atoms with Gasteiger partial charge in [-0.2, -0.15) is 27.6 Å². The number of ether oxygens (including phenoxy) is 1. The SMILES string of the molecule is CCCCCCCCCCCCCCNc1nc(NCCS)nc(NCCCNC(=O)OC(C)(C)C)n1. The minimum Gasteiger partial charge on any atom is -0.444 e. The summed E-state index contributed by atoms with van der Waals surface area (Å²) >= 11 is 4.25. The second-order valence-corrected chi connectivity index (χ2v) is 10.9. The van der Waals surface area contributed by atoms with E-state index < -0.39 is 11.7 Å². The number of rotatable bonds is 22. The van der Waals surface area contributed by atoms with E-state index in [1.165, 1.54) is 70.6 Å². The van der Waals surface area contributed by atoms with Crippen LogP contribution in [0.2, 0.25) is 0 Å². The van der Waals surface area contributed by atoms with Crippen LogP contribution in [0.4, 0.5) is 22.6 Å². The fourth-order valence-corrected chi connectivity index (χ4v) is 3.85. The van der Waals surface area contributed by atoms with Crippen LogP contribution in [-0.2, 0) is 4.74 Å². The summed E-state index contributed by atoms with van der Waals surface area (Å²) < 4.78 is 5.24. The normalized spacial score (nSPS) is 11.3. The number of carbonyl (C=O) groups excluding carboxylic acids is 1. The number of thiol groups is 1. The van der Waals surface area contributed by atoms with E-state index in [0.29, 0.717) is 49.7 Å². The molecule has 0 atom stereocenters. The van der Waals surface area contributed by atoms with Gasteiger partial charge in [0.1, 0.15) is 5.60 Å². The maximum atomic E-state index is 11.7. The average molecular weight is 540 g/mol. The van der Waals surface area contributed by atoms with E-state index in [0.717, 1.165) is 13.0 Å². The van der Waals surface area contributed by atoms with Gasteiger partial charge in [0.2, 0.25) is 17.8 Å². The topological polar surface area (TPSA) is 113 Å². The fourth-order valence-electron chi connectivity index (χ4n) is 3.74. The molecule has 4 N–H and O–H groups in total. The lowest BCUT2D eigenvalue weighted by Gasteiger charge is -2.19. The van der Waals surface area contributed by atoms with Gasteiger partial charge in [0.15, 0.2) is 0 Å². The lowest BCUT2D eigenvalue weighted by molar-refractivity contribution is 0.0528. The van der Waals surface area contributed by atoms with Crippen LogP contribution in [-0.4, -0.2) is 58.6 Å². The minimum atomic E-state index is -0.500. The van der Waals surface area contributed by atoms with Gasteiger partial charge in [-0.15, -0.1) is 0 Å². The lowest BCUT2D eigenvalue weighted by Crippen LogP contribution is -2.33. The molecule has 214 valence electrons. The second-order valence-electron chi connectivity index (χ2n) is 10.5. The predicted molar refractivity (Wildman–Crippen MR) is 159 cm³/mol. The van der Waals surface area contributed by atoms with Crippen molar-refractivity contribution in [1.29, 1.82) is 0 Å². The summed E-state index contributed by atoms with van der Waals surface area (Å²) in [6.07, 6.45) is 16.3. The van der Waals surface area contributed by atoms with E-state index in [9.17, 15) is 4.79 Å². The smallest absolute Gasteiger partial charge is 0.407 e. The van der Waals surface area contributed by atoms with Crippen LogP contribution in [0.3, 0.4) is 0 Å². The molecule has 1 aromatic heterocycles. The van der Waals surface area contributed by atoms with Gasteiger partial charge < -0.3 is 26.0 Å². The number of nitrogens with zero attached hydrogens (tertiary/aromatic N) is 3. The highest BCUT2D eigenvalue weighted by Crippen LogP contribution is 2.13. The standard InChI is InChI=1S/C27H53N7O2S/c1-5-6-7-8-9-10-11-12-13-14-15-16-18-28-23-32-24(34-25(33-23)30-21-22-37)29-19-17-20-31-26(35)36-27(2,3)4/h37H,5-22H2,1-4H3,(H,31,35)(H3,28,29,30,32,33,34). The molecule has 0 aliphatic carbocycles. The molecule has 0 fully saturated rings. The molecule has 1 aromatic rings. The Hall–Kier alpha value is -1.97. The van der Waals surface area contributed by atoms with Crippen LogP contribution in [0.25, 0.3) is 0 Å². The fraction of sp³-hybridized carbons (Fsp3) is 0.852. The molecule has 0 saturated carbocycles. The minimum absolute atomic E-state index is 0.407. The maximum Gasteiger partial charge on any atom is 0.407 e. The number of hydrogen-bond acceptors (Lipinski definition) is 9. The summed E-state index contributed by atoms with van der Waals surface area (Å²) in [4.78, 5) is 25.1. The van der Waals surface area contributed by atoms with E-state index in [-0.39, 0.29) is 0 Å². The predicted octanol–water partition coefficient (Wildman–Crippen LogP) is 6.65. The first-order valence-corrected chi connectivity index (χ1v) is 15.0. The third kappa shape index (κ3) is 19.8. The average Bonchev–Trinajstić information content (AvgIpc) is 2.84. The van der Waals surface area contributed by atoms with Gasteiger partial charge in [-0.3, -0.25) is 0 Å². The highest BCUT2D eigenvalue weighted by molar-refractivity contribution is 7.80. The van der Waals surface area contributed by atoms with Crippen molar-refractivity contribution in [3.8, 4) is 0 Å². The number of carbonyl (C=O) groups is 1. The zero-order valence-electron chi connectivity index (χ0n) is 23.8. The lowest BCUT2D eigenvalue weighted by atomic mass is 10.1. The van der Waals surface area contributed by atoms with Crippen molar-refractivity contribution in [3.05, 3.63) is 0 Å². The largest absolute Gasteiger partial charge is 0.444 e. The molecular weight excluding hydrogens is 486 g/mol. The molecule has 0 saturated heterocycles.